The number of nitrogens with zero attached hydrogens (tertiary/aromatic N) is 1. The summed E-state index contributed by atoms with van der Waals surface area (Å²) in [6.45, 7) is 6.73. The van der Waals surface area contributed by atoms with Gasteiger partial charge in [-0.25, -0.2) is 13.1 Å². The SMILES string of the molecule is Cc1csc(CN)c1S(=O)(=O)NCC(C)N1CCCCC1. The maximum Gasteiger partial charge on any atom is 0.242 e. The molecule has 2 heterocycles. The number of thiophene rings is 1. The fraction of sp³-hybridized carbons (Fsp3) is 0.714. The summed E-state index contributed by atoms with van der Waals surface area (Å²) in [7, 11) is -3.47. The van der Waals surface area contributed by atoms with Crippen molar-refractivity contribution in [2.24, 2.45) is 5.73 Å². The molecule has 0 spiro atoms. The Morgan fingerprint density at radius 1 is 1.38 bits per heavy atom. The first-order valence-corrected chi connectivity index (χ1v) is 9.82. The van der Waals surface area contributed by atoms with Crippen LogP contribution in [0.15, 0.2) is 10.3 Å². The first-order valence-electron chi connectivity index (χ1n) is 7.46. The van der Waals surface area contributed by atoms with Crippen LogP contribution in [0.2, 0.25) is 0 Å². The van der Waals surface area contributed by atoms with E-state index in [4.69, 9.17) is 5.73 Å². The van der Waals surface area contributed by atoms with Crippen LogP contribution in [0.25, 0.3) is 0 Å². The van der Waals surface area contributed by atoms with Gasteiger partial charge in [0.1, 0.15) is 4.90 Å². The largest absolute Gasteiger partial charge is 0.326 e. The van der Waals surface area contributed by atoms with E-state index in [-0.39, 0.29) is 12.6 Å². The van der Waals surface area contributed by atoms with Crippen LogP contribution in [-0.4, -0.2) is 39.0 Å². The standard InChI is InChI=1S/C14H25N3O2S2/c1-11-10-20-13(8-15)14(11)21(18,19)16-9-12(2)17-6-4-3-5-7-17/h10,12,16H,3-9,15H2,1-2H3. The van der Waals surface area contributed by atoms with Crippen molar-refractivity contribution in [1.29, 1.82) is 0 Å². The summed E-state index contributed by atoms with van der Waals surface area (Å²) in [6.07, 6.45) is 3.69. The molecular weight excluding hydrogens is 306 g/mol. The van der Waals surface area contributed by atoms with Gasteiger partial charge >= 0.3 is 0 Å². The number of hydrogen-bond acceptors (Lipinski definition) is 5. The van der Waals surface area contributed by atoms with E-state index >= 15 is 0 Å². The lowest BCUT2D eigenvalue weighted by Crippen LogP contribution is -2.44. The fourth-order valence-electron chi connectivity index (χ4n) is 2.78. The van der Waals surface area contributed by atoms with Crippen LogP contribution in [0.1, 0.15) is 36.6 Å². The number of rotatable bonds is 6. The third-order valence-electron chi connectivity index (χ3n) is 4.03. The van der Waals surface area contributed by atoms with Gasteiger partial charge in [-0.1, -0.05) is 6.42 Å². The van der Waals surface area contributed by atoms with Crippen LogP contribution in [0.5, 0.6) is 0 Å². The van der Waals surface area contributed by atoms with Crippen molar-refractivity contribution in [3.63, 3.8) is 0 Å². The van der Waals surface area contributed by atoms with Crippen LogP contribution in [0, 0.1) is 6.92 Å². The molecule has 1 aliphatic heterocycles. The van der Waals surface area contributed by atoms with Gasteiger partial charge in [0.15, 0.2) is 0 Å². The first kappa shape index (κ1) is 16.9. The molecule has 0 aromatic carbocycles. The minimum atomic E-state index is -3.47. The Kier molecular flexibility index (Phi) is 5.79. The van der Waals surface area contributed by atoms with E-state index in [9.17, 15) is 8.42 Å². The number of likely N-dealkylation sites (tertiary alicyclic amines) is 1. The third kappa shape index (κ3) is 4.04. The van der Waals surface area contributed by atoms with Crippen LogP contribution >= 0.6 is 11.3 Å². The number of piperidine rings is 1. The first-order chi connectivity index (χ1) is 9.95. The molecule has 1 aromatic heterocycles. The van der Waals surface area contributed by atoms with Crippen molar-refractivity contribution < 1.29 is 8.42 Å². The summed E-state index contributed by atoms with van der Waals surface area (Å²) in [5.74, 6) is 0. The maximum atomic E-state index is 12.5. The van der Waals surface area contributed by atoms with Crippen LogP contribution in [0.4, 0.5) is 0 Å². The quantitative estimate of drug-likeness (QED) is 0.831. The Bertz CT molecular complexity index is 563. The van der Waals surface area contributed by atoms with Gasteiger partial charge in [0.05, 0.1) is 0 Å². The van der Waals surface area contributed by atoms with E-state index in [2.05, 4.69) is 16.5 Å². The normalized spacial score (nSPS) is 18.8. The Balaban J connectivity index is 2.02. The molecular formula is C14H25N3O2S2. The third-order valence-corrected chi connectivity index (χ3v) is 6.93. The summed E-state index contributed by atoms with van der Waals surface area (Å²) in [5, 5.41) is 1.85. The summed E-state index contributed by atoms with van der Waals surface area (Å²) in [6, 6.07) is 0.223. The summed E-state index contributed by atoms with van der Waals surface area (Å²) < 4.78 is 27.8. The highest BCUT2D eigenvalue weighted by Crippen LogP contribution is 2.26. The molecule has 1 fully saturated rings. The molecule has 1 unspecified atom stereocenters. The minimum Gasteiger partial charge on any atom is -0.326 e. The molecule has 0 saturated carbocycles. The Hall–Kier alpha value is -0.470. The minimum absolute atomic E-state index is 0.223. The summed E-state index contributed by atoms with van der Waals surface area (Å²) >= 11 is 1.41. The molecule has 3 N–H and O–H groups in total. The number of nitrogens with two attached hydrogens (primary N) is 1. The summed E-state index contributed by atoms with van der Waals surface area (Å²) in [5.41, 5.74) is 6.42. The highest BCUT2D eigenvalue weighted by atomic mass is 32.2. The van der Waals surface area contributed by atoms with Crippen LogP contribution in [0.3, 0.4) is 0 Å². The summed E-state index contributed by atoms with van der Waals surface area (Å²) in [4.78, 5) is 3.46. The molecule has 7 heteroatoms. The van der Waals surface area contributed by atoms with Gasteiger partial charge in [-0.15, -0.1) is 11.3 Å². The number of hydrogen-bond donors (Lipinski definition) is 2. The van der Waals surface area contributed by atoms with Gasteiger partial charge in [-0.2, -0.15) is 0 Å². The van der Waals surface area contributed by atoms with Crippen molar-refractivity contribution in [3.8, 4) is 0 Å². The molecule has 0 bridgehead atoms. The van der Waals surface area contributed by atoms with Gasteiger partial charge in [0.2, 0.25) is 10.0 Å². The molecule has 1 saturated heterocycles. The second-order valence-electron chi connectivity index (χ2n) is 5.67. The molecule has 5 nitrogen and oxygen atoms in total. The van der Waals surface area contributed by atoms with Gasteiger partial charge in [-0.05, 0) is 50.7 Å². The zero-order valence-electron chi connectivity index (χ0n) is 12.8. The average molecular weight is 332 g/mol. The Labute approximate surface area is 131 Å². The second-order valence-corrected chi connectivity index (χ2v) is 8.34. The monoisotopic (exact) mass is 331 g/mol. The van der Waals surface area contributed by atoms with E-state index in [1.165, 1.54) is 30.6 Å². The van der Waals surface area contributed by atoms with E-state index in [1.807, 2.05) is 12.3 Å². The van der Waals surface area contributed by atoms with Crippen molar-refractivity contribution in [2.75, 3.05) is 19.6 Å². The van der Waals surface area contributed by atoms with Crippen molar-refractivity contribution in [2.45, 2.75) is 50.6 Å². The molecule has 0 amide bonds. The Morgan fingerprint density at radius 3 is 2.67 bits per heavy atom. The predicted octanol–water partition coefficient (Wildman–Crippen LogP) is 1.67. The van der Waals surface area contributed by atoms with Crippen LogP contribution in [-0.2, 0) is 16.6 Å². The topological polar surface area (TPSA) is 75.4 Å². The molecule has 1 aliphatic rings. The molecule has 1 atom stereocenters. The molecule has 0 radical (unpaired) electrons. The maximum absolute atomic E-state index is 12.5. The number of nitrogens with one attached hydrogen (secondary N) is 1. The smallest absolute Gasteiger partial charge is 0.242 e. The average Bonchev–Trinajstić information content (AvgIpc) is 2.87. The lowest BCUT2D eigenvalue weighted by Gasteiger charge is -2.32. The molecule has 120 valence electrons. The van der Waals surface area contributed by atoms with Gasteiger partial charge in [0, 0.05) is 24.0 Å². The molecule has 1 aromatic rings. The second kappa shape index (κ2) is 7.19. The predicted molar refractivity (Wildman–Crippen MR) is 87.0 cm³/mol. The lowest BCUT2D eigenvalue weighted by molar-refractivity contribution is 0.175. The fourth-order valence-corrected chi connectivity index (χ4v) is 5.60. The van der Waals surface area contributed by atoms with E-state index in [0.717, 1.165) is 23.5 Å². The zero-order chi connectivity index (χ0) is 15.5. The van der Waals surface area contributed by atoms with E-state index in [1.54, 1.807) is 0 Å². The Morgan fingerprint density at radius 2 is 2.05 bits per heavy atom. The van der Waals surface area contributed by atoms with Crippen LogP contribution < -0.4 is 10.5 Å². The van der Waals surface area contributed by atoms with Crippen molar-refractivity contribution >= 4 is 21.4 Å². The zero-order valence-corrected chi connectivity index (χ0v) is 14.4. The molecule has 2 rings (SSSR count). The van der Waals surface area contributed by atoms with E-state index < -0.39 is 10.0 Å². The highest BCUT2D eigenvalue weighted by Gasteiger charge is 2.24. The van der Waals surface area contributed by atoms with E-state index in [0.29, 0.717) is 11.4 Å². The van der Waals surface area contributed by atoms with Crippen molar-refractivity contribution in [1.82, 2.24) is 9.62 Å². The highest BCUT2D eigenvalue weighted by molar-refractivity contribution is 7.89. The van der Waals surface area contributed by atoms with Crippen molar-refractivity contribution in [3.05, 3.63) is 15.8 Å². The van der Waals surface area contributed by atoms with Gasteiger partial charge in [-0.3, -0.25) is 4.90 Å². The number of sulfonamides is 1. The molecule has 21 heavy (non-hydrogen) atoms. The molecule has 0 aliphatic carbocycles. The van der Waals surface area contributed by atoms with Gasteiger partial charge in [0.25, 0.3) is 0 Å². The lowest BCUT2D eigenvalue weighted by atomic mass is 10.1. The van der Waals surface area contributed by atoms with Gasteiger partial charge < -0.3 is 5.73 Å². The number of aryl methyl sites for hydroxylation is 1.